The van der Waals surface area contributed by atoms with E-state index >= 15 is 0 Å². The van der Waals surface area contributed by atoms with Gasteiger partial charge in [0.1, 0.15) is 16.5 Å². The summed E-state index contributed by atoms with van der Waals surface area (Å²) in [5.41, 5.74) is 1.04. The predicted octanol–water partition coefficient (Wildman–Crippen LogP) is 3.19. The van der Waals surface area contributed by atoms with Crippen LogP contribution in [0.3, 0.4) is 0 Å². The van der Waals surface area contributed by atoms with Gasteiger partial charge in [0.15, 0.2) is 0 Å². The van der Waals surface area contributed by atoms with Crippen molar-refractivity contribution >= 4 is 11.6 Å². The molecule has 5 heteroatoms. The fraction of sp³-hybridized carbons (Fsp3) is 0.600. The van der Waals surface area contributed by atoms with Crippen molar-refractivity contribution in [3.05, 3.63) is 22.7 Å². The van der Waals surface area contributed by atoms with Crippen LogP contribution >= 0.6 is 11.6 Å². The number of ether oxygens (including phenoxy) is 3. The van der Waals surface area contributed by atoms with Gasteiger partial charge in [0, 0.05) is 18.2 Å². The van der Waals surface area contributed by atoms with Crippen molar-refractivity contribution in [3.63, 3.8) is 0 Å². The van der Waals surface area contributed by atoms with E-state index in [0.717, 1.165) is 31.4 Å². The van der Waals surface area contributed by atoms with Crippen LogP contribution in [-0.2, 0) is 4.74 Å². The summed E-state index contributed by atoms with van der Waals surface area (Å²) in [5, 5.41) is 3.84. The highest BCUT2D eigenvalue weighted by atomic mass is 35.5. The Morgan fingerprint density at radius 3 is 2.75 bits per heavy atom. The van der Waals surface area contributed by atoms with E-state index in [1.165, 1.54) is 0 Å². The number of benzene rings is 1. The molecule has 2 atom stereocenters. The molecule has 112 valence electrons. The maximum Gasteiger partial charge on any atom is 0.146 e. The average molecular weight is 300 g/mol. The van der Waals surface area contributed by atoms with Crippen molar-refractivity contribution in [2.24, 2.45) is 0 Å². The molecule has 1 heterocycles. The van der Waals surface area contributed by atoms with E-state index in [-0.39, 0.29) is 6.04 Å². The molecule has 1 aromatic rings. The normalized spacial score (nSPS) is 19.9. The van der Waals surface area contributed by atoms with Gasteiger partial charge in [0.05, 0.1) is 20.3 Å². The number of rotatable bonds is 6. The molecular weight excluding hydrogens is 278 g/mol. The molecule has 0 aromatic heterocycles. The first-order chi connectivity index (χ1) is 9.71. The van der Waals surface area contributed by atoms with Gasteiger partial charge in [-0.1, -0.05) is 11.6 Å². The van der Waals surface area contributed by atoms with Crippen LogP contribution < -0.4 is 14.8 Å². The molecule has 2 rings (SSSR count). The Balaban J connectivity index is 2.26. The monoisotopic (exact) mass is 299 g/mol. The van der Waals surface area contributed by atoms with Crippen LogP contribution in [-0.4, -0.2) is 34.0 Å². The first-order valence-corrected chi connectivity index (χ1v) is 7.28. The van der Waals surface area contributed by atoms with E-state index in [4.69, 9.17) is 25.8 Å². The summed E-state index contributed by atoms with van der Waals surface area (Å²) in [7, 11) is 5.17. The van der Waals surface area contributed by atoms with Crippen molar-refractivity contribution in [1.82, 2.24) is 5.32 Å². The lowest BCUT2D eigenvalue weighted by Gasteiger charge is -2.23. The average Bonchev–Trinajstić information content (AvgIpc) is 2.97. The van der Waals surface area contributed by atoms with E-state index in [2.05, 4.69) is 5.32 Å². The zero-order valence-corrected chi connectivity index (χ0v) is 13.0. The predicted molar refractivity (Wildman–Crippen MR) is 79.9 cm³/mol. The number of nitrogens with one attached hydrogen (secondary N) is 1. The van der Waals surface area contributed by atoms with Crippen LogP contribution in [0.15, 0.2) is 12.1 Å². The molecule has 1 fully saturated rings. The van der Waals surface area contributed by atoms with E-state index in [0.29, 0.717) is 22.6 Å². The molecule has 0 aliphatic carbocycles. The third kappa shape index (κ3) is 3.19. The van der Waals surface area contributed by atoms with Crippen LogP contribution in [0.5, 0.6) is 11.5 Å². The highest BCUT2D eigenvalue weighted by molar-refractivity contribution is 6.33. The standard InChI is InChI=1S/C15H22ClNO3/c1-17-12(9-10-5-4-8-20-10)11-6-7-13(18-2)14(16)15(11)19-3/h6-7,10,12,17H,4-5,8-9H2,1-3H3. The largest absolute Gasteiger partial charge is 0.495 e. The molecule has 20 heavy (non-hydrogen) atoms. The highest BCUT2D eigenvalue weighted by Crippen LogP contribution is 2.40. The van der Waals surface area contributed by atoms with E-state index in [1.807, 2.05) is 19.2 Å². The third-order valence-electron chi connectivity index (χ3n) is 3.76. The Kier molecular flexibility index (Phi) is 5.52. The van der Waals surface area contributed by atoms with Crippen molar-refractivity contribution in [2.45, 2.75) is 31.4 Å². The summed E-state index contributed by atoms with van der Waals surface area (Å²) in [4.78, 5) is 0. The minimum atomic E-state index is 0.149. The fourth-order valence-corrected chi connectivity index (χ4v) is 3.01. The molecule has 0 radical (unpaired) electrons. The van der Waals surface area contributed by atoms with E-state index < -0.39 is 0 Å². The third-order valence-corrected chi connectivity index (χ3v) is 4.12. The molecular formula is C15H22ClNO3. The minimum Gasteiger partial charge on any atom is -0.495 e. The van der Waals surface area contributed by atoms with Crippen molar-refractivity contribution in [2.75, 3.05) is 27.9 Å². The molecule has 1 N–H and O–H groups in total. The summed E-state index contributed by atoms with van der Waals surface area (Å²) < 4.78 is 16.4. The van der Waals surface area contributed by atoms with Crippen molar-refractivity contribution < 1.29 is 14.2 Å². The lowest BCUT2D eigenvalue weighted by atomic mass is 9.98. The fourth-order valence-electron chi connectivity index (χ4n) is 2.69. The van der Waals surface area contributed by atoms with E-state index in [9.17, 15) is 0 Å². The van der Waals surface area contributed by atoms with Crippen molar-refractivity contribution in [1.29, 1.82) is 0 Å². The first kappa shape index (κ1) is 15.4. The maximum absolute atomic E-state index is 6.32. The first-order valence-electron chi connectivity index (χ1n) is 6.90. The van der Waals surface area contributed by atoms with Crippen LogP contribution in [0.4, 0.5) is 0 Å². The van der Waals surface area contributed by atoms with Gasteiger partial charge in [-0.05, 0) is 38.4 Å². The molecule has 0 bridgehead atoms. The Morgan fingerprint density at radius 1 is 1.40 bits per heavy atom. The minimum absolute atomic E-state index is 0.149. The van der Waals surface area contributed by atoms with Crippen LogP contribution in [0.25, 0.3) is 0 Å². The van der Waals surface area contributed by atoms with Gasteiger partial charge >= 0.3 is 0 Å². The molecule has 1 aliphatic heterocycles. The molecule has 4 nitrogen and oxygen atoms in total. The molecule has 0 amide bonds. The van der Waals surface area contributed by atoms with Crippen LogP contribution in [0, 0.1) is 0 Å². The molecule has 2 unspecified atom stereocenters. The highest BCUT2D eigenvalue weighted by Gasteiger charge is 2.25. The second kappa shape index (κ2) is 7.16. The lowest BCUT2D eigenvalue weighted by Crippen LogP contribution is -2.22. The summed E-state index contributed by atoms with van der Waals surface area (Å²) in [6.45, 7) is 0.863. The second-order valence-corrected chi connectivity index (χ2v) is 5.29. The lowest BCUT2D eigenvalue weighted by molar-refractivity contribution is 0.0951. The zero-order valence-electron chi connectivity index (χ0n) is 12.2. The van der Waals surface area contributed by atoms with Gasteiger partial charge in [-0.3, -0.25) is 0 Å². The Labute approximate surface area is 125 Å². The van der Waals surface area contributed by atoms with E-state index in [1.54, 1.807) is 14.2 Å². The van der Waals surface area contributed by atoms with Gasteiger partial charge in [-0.2, -0.15) is 0 Å². The Bertz CT molecular complexity index is 447. The number of hydrogen-bond acceptors (Lipinski definition) is 4. The van der Waals surface area contributed by atoms with Crippen LogP contribution in [0.2, 0.25) is 5.02 Å². The van der Waals surface area contributed by atoms with Gasteiger partial charge in [-0.15, -0.1) is 0 Å². The molecule has 1 aromatic carbocycles. The number of hydrogen-bond donors (Lipinski definition) is 1. The number of halogens is 1. The summed E-state index contributed by atoms with van der Waals surface area (Å²) in [5.74, 6) is 1.29. The summed E-state index contributed by atoms with van der Waals surface area (Å²) in [6.07, 6.45) is 3.47. The van der Waals surface area contributed by atoms with Crippen LogP contribution in [0.1, 0.15) is 30.9 Å². The maximum atomic E-state index is 6.32. The van der Waals surface area contributed by atoms with Gasteiger partial charge < -0.3 is 19.5 Å². The quantitative estimate of drug-likeness (QED) is 0.876. The Morgan fingerprint density at radius 2 is 2.20 bits per heavy atom. The molecule has 1 aliphatic rings. The zero-order chi connectivity index (χ0) is 14.5. The van der Waals surface area contributed by atoms with Gasteiger partial charge in [0.2, 0.25) is 0 Å². The second-order valence-electron chi connectivity index (χ2n) is 4.92. The van der Waals surface area contributed by atoms with Gasteiger partial charge in [0.25, 0.3) is 0 Å². The molecule has 0 spiro atoms. The summed E-state index contributed by atoms with van der Waals surface area (Å²) >= 11 is 6.32. The number of methoxy groups -OCH3 is 2. The molecule has 0 saturated carbocycles. The Hall–Kier alpha value is -0.970. The summed E-state index contributed by atoms with van der Waals surface area (Å²) in [6, 6.07) is 4.02. The van der Waals surface area contributed by atoms with Gasteiger partial charge in [-0.25, -0.2) is 0 Å². The molecule has 1 saturated heterocycles. The van der Waals surface area contributed by atoms with Crippen molar-refractivity contribution in [3.8, 4) is 11.5 Å². The SMILES string of the molecule is CNC(CC1CCCO1)c1ccc(OC)c(Cl)c1OC. The topological polar surface area (TPSA) is 39.7 Å². The smallest absolute Gasteiger partial charge is 0.146 e.